The molecular weight excluding hydrogens is 384 g/mol. The Morgan fingerprint density at radius 2 is 2.19 bits per heavy atom. The number of aromatic nitrogens is 4. The van der Waals surface area contributed by atoms with Gasteiger partial charge in [-0.15, -0.1) is 11.3 Å². The number of ether oxygens (including phenoxy) is 1. The highest BCUT2D eigenvalue weighted by Gasteiger charge is 2.17. The summed E-state index contributed by atoms with van der Waals surface area (Å²) in [5, 5.41) is 13.5. The maximum absolute atomic E-state index is 12.2. The number of hydrogen-bond acceptors (Lipinski definition) is 7. The summed E-state index contributed by atoms with van der Waals surface area (Å²) in [7, 11) is 1.60. The normalized spacial score (nSPS) is 11.1. The van der Waals surface area contributed by atoms with Gasteiger partial charge in [-0.25, -0.2) is 4.98 Å². The molecule has 3 aromatic rings. The minimum absolute atomic E-state index is 0.136. The van der Waals surface area contributed by atoms with Gasteiger partial charge in [0.2, 0.25) is 10.7 Å². The molecule has 0 radical (unpaired) electrons. The van der Waals surface area contributed by atoms with Crippen molar-refractivity contribution in [1.82, 2.24) is 19.9 Å². The lowest BCUT2D eigenvalue weighted by molar-refractivity contribution is -0.115. The third kappa shape index (κ3) is 4.12. The molecule has 0 fully saturated rings. The zero-order valence-corrected chi connectivity index (χ0v) is 16.7. The minimum atomic E-state index is -0.136. The molecule has 0 spiro atoms. The first-order valence-electron chi connectivity index (χ1n) is 8.14. The summed E-state index contributed by atoms with van der Waals surface area (Å²) in [6, 6.07) is 7.23. The number of hydrogen-bond donors (Lipinski definition) is 1. The van der Waals surface area contributed by atoms with Crippen LogP contribution in [0, 0.1) is 4.77 Å². The Morgan fingerprint density at radius 3 is 2.81 bits per heavy atom. The van der Waals surface area contributed by atoms with Crippen molar-refractivity contribution in [3.63, 3.8) is 0 Å². The van der Waals surface area contributed by atoms with Crippen LogP contribution in [0.25, 0.3) is 0 Å². The fourth-order valence-electron chi connectivity index (χ4n) is 2.39. The molecule has 10 heteroatoms. The molecule has 1 aromatic carbocycles. The third-order valence-electron chi connectivity index (χ3n) is 3.69. The summed E-state index contributed by atoms with van der Waals surface area (Å²) in [5.74, 6) is 1.32. The summed E-state index contributed by atoms with van der Waals surface area (Å²) in [5.41, 5.74) is 1.34. The van der Waals surface area contributed by atoms with E-state index >= 15 is 0 Å². The van der Waals surface area contributed by atoms with Gasteiger partial charge in [0.15, 0.2) is 11.0 Å². The molecule has 0 aliphatic rings. The molecule has 2 aromatic heterocycles. The summed E-state index contributed by atoms with van der Waals surface area (Å²) >= 11 is 6.52. The number of nitrogens with zero attached hydrogens (tertiary/aromatic N) is 5. The average Bonchev–Trinajstić information content (AvgIpc) is 3.27. The van der Waals surface area contributed by atoms with E-state index in [2.05, 4.69) is 20.3 Å². The summed E-state index contributed by atoms with van der Waals surface area (Å²) in [6.45, 7) is 3.47. The summed E-state index contributed by atoms with van der Waals surface area (Å²) < 4.78 is 7.14. The topological polar surface area (TPSA) is 88.4 Å². The van der Waals surface area contributed by atoms with Crippen molar-refractivity contribution in [3.8, 4) is 5.75 Å². The van der Waals surface area contributed by atoms with Crippen LogP contribution in [0.15, 0.2) is 34.7 Å². The number of nitrogens with one attached hydrogen (secondary N) is 1. The minimum Gasteiger partial charge on any atom is -0.497 e. The highest BCUT2D eigenvalue weighted by Crippen LogP contribution is 2.29. The number of carbonyl (C=O) groups excluding carboxylic acids is 1. The van der Waals surface area contributed by atoms with Crippen LogP contribution in [0.3, 0.4) is 0 Å². The molecule has 1 N–H and O–H groups in total. The number of rotatable bonds is 6. The van der Waals surface area contributed by atoms with Crippen molar-refractivity contribution >= 4 is 46.5 Å². The quantitative estimate of drug-likeness (QED) is 0.503. The molecule has 0 bridgehead atoms. The Labute approximate surface area is 165 Å². The molecule has 27 heavy (non-hydrogen) atoms. The predicted molar refractivity (Wildman–Crippen MR) is 108 cm³/mol. The van der Waals surface area contributed by atoms with Gasteiger partial charge in [0.1, 0.15) is 5.75 Å². The van der Waals surface area contributed by atoms with E-state index in [0.29, 0.717) is 27.7 Å². The first kappa shape index (κ1) is 18.9. The monoisotopic (exact) mass is 402 g/mol. The number of anilines is 2. The molecular formula is C17H18N6O2S2. The van der Waals surface area contributed by atoms with Crippen LogP contribution in [-0.2, 0) is 11.2 Å². The highest BCUT2D eigenvalue weighted by molar-refractivity contribution is 7.71. The van der Waals surface area contributed by atoms with E-state index in [4.69, 9.17) is 17.0 Å². The number of H-pyrrole nitrogens is 1. The maximum Gasteiger partial charge on any atom is 0.230 e. The Balaban J connectivity index is 1.87. The summed E-state index contributed by atoms with van der Waals surface area (Å²) in [4.78, 5) is 18.2. The average molecular weight is 403 g/mol. The fraction of sp³-hybridized carbons (Fsp3) is 0.235. The molecule has 0 atom stereocenters. The number of carbonyl (C=O) groups is 1. The van der Waals surface area contributed by atoms with Crippen molar-refractivity contribution in [1.29, 1.82) is 0 Å². The molecule has 8 nitrogen and oxygen atoms in total. The van der Waals surface area contributed by atoms with Crippen molar-refractivity contribution in [2.24, 2.45) is 5.10 Å². The van der Waals surface area contributed by atoms with Crippen molar-refractivity contribution in [3.05, 3.63) is 45.9 Å². The van der Waals surface area contributed by atoms with Gasteiger partial charge >= 0.3 is 0 Å². The number of aryl methyl sites for hydroxylation is 1. The Hall–Kier alpha value is -2.85. The molecule has 2 heterocycles. The predicted octanol–water partition coefficient (Wildman–Crippen LogP) is 3.53. The van der Waals surface area contributed by atoms with Crippen molar-refractivity contribution < 1.29 is 9.53 Å². The Morgan fingerprint density at radius 1 is 1.44 bits per heavy atom. The molecule has 0 aliphatic heterocycles. The number of thiazole rings is 1. The van der Waals surface area contributed by atoms with Crippen LogP contribution in [0.5, 0.6) is 5.75 Å². The lowest BCUT2D eigenvalue weighted by Gasteiger charge is -2.18. The summed E-state index contributed by atoms with van der Waals surface area (Å²) in [6.07, 6.45) is 2.29. The first-order chi connectivity index (χ1) is 13.0. The SMILES string of the molecule is CCc1n[nH]c(=S)n1/N=C\c1csc(N(C(C)=O)c2ccc(OC)cc2)n1. The first-order valence-corrected chi connectivity index (χ1v) is 9.43. The smallest absolute Gasteiger partial charge is 0.230 e. The maximum atomic E-state index is 12.2. The van der Waals surface area contributed by atoms with E-state index in [9.17, 15) is 4.79 Å². The lowest BCUT2D eigenvalue weighted by Crippen LogP contribution is -2.22. The molecule has 0 aliphatic carbocycles. The number of amides is 1. The van der Waals surface area contributed by atoms with Gasteiger partial charge in [0.25, 0.3) is 0 Å². The molecule has 0 unspecified atom stereocenters. The van der Waals surface area contributed by atoms with Crippen LogP contribution in [0.2, 0.25) is 0 Å². The van der Waals surface area contributed by atoms with E-state index in [-0.39, 0.29) is 5.91 Å². The van der Waals surface area contributed by atoms with Gasteiger partial charge in [0, 0.05) is 18.7 Å². The van der Waals surface area contributed by atoms with E-state index in [0.717, 1.165) is 11.6 Å². The van der Waals surface area contributed by atoms with Crippen LogP contribution in [0.1, 0.15) is 25.4 Å². The second kappa shape index (κ2) is 8.23. The van der Waals surface area contributed by atoms with Gasteiger partial charge in [-0.05, 0) is 36.5 Å². The second-order valence-corrected chi connectivity index (χ2v) is 6.69. The second-order valence-electron chi connectivity index (χ2n) is 5.46. The molecule has 1 amide bonds. The third-order valence-corrected chi connectivity index (χ3v) is 4.79. The van der Waals surface area contributed by atoms with Gasteiger partial charge in [-0.2, -0.15) is 14.9 Å². The largest absolute Gasteiger partial charge is 0.497 e. The van der Waals surface area contributed by atoms with Crippen LogP contribution in [-0.4, -0.2) is 39.1 Å². The van der Waals surface area contributed by atoms with Gasteiger partial charge < -0.3 is 4.74 Å². The standard InChI is InChI=1S/C17H18N6O2S2/c1-4-15-20-21-16(26)23(15)18-9-12-10-27-17(19-12)22(11(2)24)13-5-7-14(25-3)8-6-13/h5-10H,4H2,1-3H3,(H,21,26)/b18-9-. The van der Waals surface area contributed by atoms with Crippen molar-refractivity contribution in [2.75, 3.05) is 12.0 Å². The zero-order chi connectivity index (χ0) is 19.4. The number of methoxy groups -OCH3 is 1. The van der Waals surface area contributed by atoms with Gasteiger partial charge in [-0.1, -0.05) is 6.92 Å². The van der Waals surface area contributed by atoms with Gasteiger partial charge in [0.05, 0.1) is 24.7 Å². The van der Waals surface area contributed by atoms with E-state index < -0.39 is 0 Å². The molecule has 140 valence electrons. The molecule has 0 saturated heterocycles. The van der Waals surface area contributed by atoms with Crippen molar-refractivity contribution in [2.45, 2.75) is 20.3 Å². The zero-order valence-electron chi connectivity index (χ0n) is 15.0. The van der Waals surface area contributed by atoms with E-state index in [1.54, 1.807) is 35.0 Å². The van der Waals surface area contributed by atoms with Gasteiger partial charge in [-0.3, -0.25) is 14.8 Å². The lowest BCUT2D eigenvalue weighted by atomic mass is 10.3. The van der Waals surface area contributed by atoms with E-state index in [1.807, 2.05) is 24.4 Å². The number of aromatic amines is 1. The Kier molecular flexibility index (Phi) is 5.77. The van der Waals surface area contributed by atoms with Crippen LogP contribution >= 0.6 is 23.6 Å². The Bertz CT molecular complexity index is 1020. The highest BCUT2D eigenvalue weighted by atomic mass is 32.1. The molecule has 3 rings (SSSR count). The van der Waals surface area contributed by atoms with Crippen LogP contribution in [0.4, 0.5) is 10.8 Å². The molecule has 0 saturated carbocycles. The number of benzene rings is 1. The fourth-order valence-corrected chi connectivity index (χ4v) is 3.42. The van der Waals surface area contributed by atoms with Crippen LogP contribution < -0.4 is 9.64 Å². The van der Waals surface area contributed by atoms with E-state index in [1.165, 1.54) is 18.3 Å².